The van der Waals surface area contributed by atoms with Crippen molar-refractivity contribution < 1.29 is 22.4 Å². The van der Waals surface area contributed by atoms with Crippen molar-refractivity contribution in [3.63, 3.8) is 0 Å². The second-order valence-electron chi connectivity index (χ2n) is 5.98. The van der Waals surface area contributed by atoms with E-state index in [-0.39, 0.29) is 12.5 Å². The van der Waals surface area contributed by atoms with Gasteiger partial charge in [-0.15, -0.1) is 0 Å². The van der Waals surface area contributed by atoms with Crippen LogP contribution in [0.1, 0.15) is 11.5 Å². The minimum Gasteiger partial charge on any atom is -0.467 e. The molecule has 1 amide bonds. The predicted octanol–water partition coefficient (Wildman–Crippen LogP) is 4.49. The number of hydrogen-bond acceptors (Lipinski definition) is 6. The van der Waals surface area contributed by atoms with Gasteiger partial charge in [-0.05, 0) is 48.5 Å². The van der Waals surface area contributed by atoms with Crippen molar-refractivity contribution >= 4 is 57.2 Å². The smallest absolute Gasteiger partial charge is 0.266 e. The van der Waals surface area contributed by atoms with Crippen LogP contribution in [-0.2, 0) is 22.6 Å². The van der Waals surface area contributed by atoms with Crippen molar-refractivity contribution in [2.24, 2.45) is 0 Å². The maximum absolute atomic E-state index is 12.7. The largest absolute Gasteiger partial charge is 0.467 e. The van der Waals surface area contributed by atoms with Crippen molar-refractivity contribution in [3.8, 4) is 11.3 Å². The summed E-state index contributed by atoms with van der Waals surface area (Å²) in [7, 11) is 0. The standard InChI is InChI=1S/C19H14N2O5S3/c22-18-17(28-19(27)21(18)11-15-2-1-9-25-15)10-14-7-8-16(26-14)12-3-5-13(6-4-12)20-29(23)24/h1-10,20H,11H2,(H,23,24). The van der Waals surface area contributed by atoms with E-state index in [2.05, 4.69) is 4.72 Å². The Morgan fingerprint density at radius 1 is 1.21 bits per heavy atom. The molecule has 2 N–H and O–H groups in total. The fourth-order valence-electron chi connectivity index (χ4n) is 2.71. The molecule has 148 valence electrons. The number of carbonyl (C=O) groups is 1. The first kappa shape index (κ1) is 19.6. The van der Waals surface area contributed by atoms with Gasteiger partial charge in [0.05, 0.1) is 17.7 Å². The lowest BCUT2D eigenvalue weighted by atomic mass is 10.1. The van der Waals surface area contributed by atoms with Gasteiger partial charge in [0.15, 0.2) is 0 Å². The molecule has 0 spiro atoms. The lowest BCUT2D eigenvalue weighted by molar-refractivity contribution is -0.122. The van der Waals surface area contributed by atoms with Crippen molar-refractivity contribution in [1.82, 2.24) is 4.90 Å². The van der Waals surface area contributed by atoms with Gasteiger partial charge < -0.3 is 8.83 Å². The number of benzene rings is 1. The lowest BCUT2D eigenvalue weighted by Gasteiger charge is -2.11. The van der Waals surface area contributed by atoms with E-state index < -0.39 is 11.3 Å². The maximum atomic E-state index is 12.7. The molecule has 7 nitrogen and oxygen atoms in total. The van der Waals surface area contributed by atoms with Crippen LogP contribution in [0, 0.1) is 0 Å². The van der Waals surface area contributed by atoms with E-state index >= 15 is 0 Å². The molecule has 10 heteroatoms. The highest BCUT2D eigenvalue weighted by molar-refractivity contribution is 8.26. The summed E-state index contributed by atoms with van der Waals surface area (Å²) in [6.07, 6.45) is 3.22. The predicted molar refractivity (Wildman–Crippen MR) is 116 cm³/mol. The fraction of sp³-hybridized carbons (Fsp3) is 0.0526. The zero-order chi connectivity index (χ0) is 20.4. The fourth-order valence-corrected chi connectivity index (χ4v) is 4.29. The number of thioether (sulfide) groups is 1. The number of anilines is 1. The van der Waals surface area contributed by atoms with Crippen LogP contribution in [0.15, 0.2) is 68.5 Å². The first-order valence-electron chi connectivity index (χ1n) is 8.35. The molecule has 0 saturated carbocycles. The van der Waals surface area contributed by atoms with E-state index in [1.165, 1.54) is 16.7 Å². The second kappa shape index (κ2) is 8.37. The summed E-state index contributed by atoms with van der Waals surface area (Å²) in [6, 6.07) is 14.0. The summed E-state index contributed by atoms with van der Waals surface area (Å²) in [4.78, 5) is 14.6. The molecule has 1 atom stereocenters. The van der Waals surface area contributed by atoms with Gasteiger partial charge in [-0.1, -0.05) is 24.0 Å². The molecule has 1 aliphatic rings. The van der Waals surface area contributed by atoms with Gasteiger partial charge in [0, 0.05) is 17.3 Å². The topological polar surface area (TPSA) is 95.9 Å². The van der Waals surface area contributed by atoms with Crippen LogP contribution in [0.3, 0.4) is 0 Å². The summed E-state index contributed by atoms with van der Waals surface area (Å²) in [5.41, 5.74) is 1.31. The van der Waals surface area contributed by atoms with Gasteiger partial charge in [0.2, 0.25) is 0 Å². The average Bonchev–Trinajstić information content (AvgIpc) is 3.41. The normalized spacial score (nSPS) is 16.6. The summed E-state index contributed by atoms with van der Waals surface area (Å²) < 4.78 is 33.6. The summed E-state index contributed by atoms with van der Waals surface area (Å²) in [6.45, 7) is 0.289. The average molecular weight is 447 g/mol. The van der Waals surface area contributed by atoms with Gasteiger partial charge in [0.25, 0.3) is 17.2 Å². The zero-order valence-electron chi connectivity index (χ0n) is 14.7. The Morgan fingerprint density at radius 2 is 2.00 bits per heavy atom. The number of furan rings is 2. The van der Waals surface area contributed by atoms with Gasteiger partial charge in [-0.2, -0.15) is 0 Å². The minimum atomic E-state index is -2.12. The van der Waals surface area contributed by atoms with Crippen molar-refractivity contribution in [2.75, 3.05) is 4.72 Å². The van der Waals surface area contributed by atoms with E-state index in [0.29, 0.717) is 32.2 Å². The molecular weight excluding hydrogens is 432 g/mol. The highest BCUT2D eigenvalue weighted by atomic mass is 32.2. The number of carbonyl (C=O) groups excluding carboxylic acids is 1. The van der Waals surface area contributed by atoms with Crippen molar-refractivity contribution in [2.45, 2.75) is 6.54 Å². The van der Waals surface area contributed by atoms with E-state index in [4.69, 9.17) is 25.6 Å². The molecule has 2 aromatic heterocycles. The van der Waals surface area contributed by atoms with Crippen LogP contribution in [0.25, 0.3) is 17.4 Å². The Morgan fingerprint density at radius 3 is 2.69 bits per heavy atom. The zero-order valence-corrected chi connectivity index (χ0v) is 17.2. The molecule has 0 bridgehead atoms. The Hall–Kier alpha value is -2.66. The molecule has 1 aromatic carbocycles. The number of nitrogens with one attached hydrogen (secondary N) is 1. The van der Waals surface area contributed by atoms with Crippen molar-refractivity contribution in [1.29, 1.82) is 0 Å². The third-order valence-corrected chi connectivity index (χ3v) is 5.83. The number of rotatable bonds is 6. The molecule has 29 heavy (non-hydrogen) atoms. The van der Waals surface area contributed by atoms with Crippen LogP contribution in [0.5, 0.6) is 0 Å². The Kier molecular flexibility index (Phi) is 5.67. The Bertz CT molecular complexity index is 1100. The van der Waals surface area contributed by atoms with E-state index in [9.17, 15) is 9.00 Å². The minimum absolute atomic E-state index is 0.193. The maximum Gasteiger partial charge on any atom is 0.266 e. The molecule has 1 fully saturated rings. The van der Waals surface area contributed by atoms with Crippen LogP contribution < -0.4 is 4.72 Å². The van der Waals surface area contributed by atoms with Crippen LogP contribution in [0.2, 0.25) is 0 Å². The first-order chi connectivity index (χ1) is 14.0. The van der Waals surface area contributed by atoms with Gasteiger partial charge in [-0.25, -0.2) is 4.21 Å². The highest BCUT2D eigenvalue weighted by Crippen LogP contribution is 2.34. The third-order valence-electron chi connectivity index (χ3n) is 4.04. The second-order valence-corrected chi connectivity index (χ2v) is 8.36. The number of hydrogen-bond donors (Lipinski definition) is 2. The van der Waals surface area contributed by atoms with Gasteiger partial charge in [0.1, 0.15) is 21.6 Å². The van der Waals surface area contributed by atoms with Crippen LogP contribution >= 0.6 is 24.0 Å². The van der Waals surface area contributed by atoms with Gasteiger partial charge in [-0.3, -0.25) is 19.0 Å². The molecule has 4 rings (SSSR count). The first-order valence-corrected chi connectivity index (χ1v) is 10.7. The SMILES string of the molecule is O=C1C(=Cc2ccc(-c3ccc(NS(=O)O)cc3)o2)SC(=S)N1Cc1ccco1. The molecule has 1 aliphatic heterocycles. The highest BCUT2D eigenvalue weighted by Gasteiger charge is 2.32. The van der Waals surface area contributed by atoms with E-state index in [1.807, 2.05) is 0 Å². The van der Waals surface area contributed by atoms with Crippen molar-refractivity contribution in [3.05, 3.63) is 71.2 Å². The Labute approximate surface area is 178 Å². The monoisotopic (exact) mass is 446 g/mol. The number of nitrogens with zero attached hydrogens (tertiary/aromatic N) is 1. The molecule has 0 radical (unpaired) electrons. The van der Waals surface area contributed by atoms with E-state index in [1.54, 1.807) is 60.9 Å². The quantitative estimate of drug-likeness (QED) is 0.327. The third kappa shape index (κ3) is 4.51. The molecule has 1 unspecified atom stereocenters. The molecule has 3 aromatic rings. The number of thiocarbonyl (C=S) groups is 1. The van der Waals surface area contributed by atoms with Crippen LogP contribution in [-0.4, -0.2) is 23.9 Å². The molecule has 3 heterocycles. The summed E-state index contributed by atoms with van der Waals surface area (Å²) in [5.74, 6) is 1.60. The molecular formula is C19H14N2O5S3. The summed E-state index contributed by atoms with van der Waals surface area (Å²) in [5, 5.41) is 0. The van der Waals surface area contributed by atoms with Gasteiger partial charge >= 0.3 is 0 Å². The number of amides is 1. The Balaban J connectivity index is 1.49. The molecule has 1 saturated heterocycles. The van der Waals surface area contributed by atoms with Crippen LogP contribution in [0.4, 0.5) is 5.69 Å². The van der Waals surface area contributed by atoms with E-state index in [0.717, 1.165) is 5.56 Å². The lowest BCUT2D eigenvalue weighted by Crippen LogP contribution is -2.27. The summed E-state index contributed by atoms with van der Waals surface area (Å²) >= 11 is 4.41. The molecule has 0 aliphatic carbocycles.